The largest absolute Gasteiger partial charge is 0.383 e. The van der Waals surface area contributed by atoms with Crippen molar-refractivity contribution in [1.29, 1.82) is 0 Å². The normalized spacial score (nSPS) is 13.0. The van der Waals surface area contributed by atoms with Crippen molar-refractivity contribution < 1.29 is 0 Å². The fraction of sp³-hybridized carbons (Fsp3) is 0.300. The molecule has 0 saturated heterocycles. The van der Waals surface area contributed by atoms with Gasteiger partial charge in [-0.25, -0.2) is 4.68 Å². The predicted molar refractivity (Wildman–Crippen MR) is 72.2 cm³/mol. The van der Waals surface area contributed by atoms with Gasteiger partial charge in [-0.3, -0.25) is 0 Å². The van der Waals surface area contributed by atoms with Gasteiger partial charge >= 0.3 is 0 Å². The molecular weight excluding hydrogens is 321 g/mol. The summed E-state index contributed by atoms with van der Waals surface area (Å²) in [7, 11) is 0. The van der Waals surface area contributed by atoms with Crippen LogP contribution in [0.5, 0.6) is 0 Å². The van der Waals surface area contributed by atoms with Crippen LogP contribution in [-0.2, 0) is 0 Å². The van der Waals surface area contributed by atoms with E-state index in [1.54, 1.807) is 11.3 Å². The van der Waals surface area contributed by atoms with Gasteiger partial charge in [0.25, 0.3) is 0 Å². The lowest BCUT2D eigenvalue weighted by atomic mass is 10.2. The van der Waals surface area contributed by atoms with E-state index in [0.29, 0.717) is 0 Å². The van der Waals surface area contributed by atoms with Gasteiger partial charge in [0.2, 0.25) is 0 Å². The van der Waals surface area contributed by atoms with Gasteiger partial charge in [-0.1, -0.05) is 0 Å². The number of nitrogen functional groups attached to an aromatic ring is 1. The summed E-state index contributed by atoms with van der Waals surface area (Å²) < 4.78 is 2.94. The van der Waals surface area contributed by atoms with Crippen LogP contribution in [-0.4, -0.2) is 9.78 Å². The van der Waals surface area contributed by atoms with Crippen molar-refractivity contribution in [3.8, 4) is 0 Å². The van der Waals surface area contributed by atoms with Crippen LogP contribution < -0.4 is 5.73 Å². The van der Waals surface area contributed by atoms with Crippen molar-refractivity contribution in [3.05, 3.63) is 31.7 Å². The molecule has 0 aliphatic carbocycles. The van der Waals surface area contributed by atoms with Gasteiger partial charge < -0.3 is 5.73 Å². The number of nitrogens with two attached hydrogens (primary N) is 1. The third-order valence-corrected chi connectivity index (χ3v) is 4.47. The van der Waals surface area contributed by atoms with Crippen LogP contribution in [0.15, 0.2) is 16.8 Å². The summed E-state index contributed by atoms with van der Waals surface area (Å²) in [6.45, 7) is 4.09. The zero-order valence-electron chi connectivity index (χ0n) is 8.57. The number of aromatic nitrogens is 2. The molecule has 0 bridgehead atoms. The molecule has 2 heterocycles. The molecule has 2 aromatic heterocycles. The Labute approximate surface area is 106 Å². The second kappa shape index (κ2) is 4.13. The van der Waals surface area contributed by atoms with Gasteiger partial charge in [0.05, 0.1) is 15.3 Å². The molecule has 3 nitrogen and oxygen atoms in total. The quantitative estimate of drug-likeness (QED) is 0.859. The van der Waals surface area contributed by atoms with Crippen molar-refractivity contribution in [2.24, 2.45) is 0 Å². The highest BCUT2D eigenvalue weighted by atomic mass is 127. The van der Waals surface area contributed by atoms with Crippen LogP contribution in [0, 0.1) is 10.5 Å². The average molecular weight is 333 g/mol. The molecule has 5 heteroatoms. The number of halogens is 1. The van der Waals surface area contributed by atoms with E-state index in [4.69, 9.17) is 5.73 Å². The number of rotatable bonds is 2. The molecule has 1 atom stereocenters. The third-order valence-electron chi connectivity index (χ3n) is 2.44. The van der Waals surface area contributed by atoms with Gasteiger partial charge in [0.1, 0.15) is 5.82 Å². The molecule has 0 spiro atoms. The maximum Gasteiger partial charge on any atom is 0.136 e. The summed E-state index contributed by atoms with van der Waals surface area (Å²) in [4.78, 5) is 0. The third kappa shape index (κ3) is 1.90. The monoisotopic (exact) mass is 333 g/mol. The SMILES string of the molecule is Cc1nn(C(C)c2ccsc2)c(N)c1I. The van der Waals surface area contributed by atoms with E-state index < -0.39 is 0 Å². The van der Waals surface area contributed by atoms with Gasteiger partial charge in [-0.05, 0) is 58.8 Å². The lowest BCUT2D eigenvalue weighted by Crippen LogP contribution is -2.11. The highest BCUT2D eigenvalue weighted by Crippen LogP contribution is 2.26. The van der Waals surface area contributed by atoms with Crippen molar-refractivity contribution in [3.63, 3.8) is 0 Å². The molecule has 0 amide bonds. The highest BCUT2D eigenvalue weighted by molar-refractivity contribution is 14.1. The van der Waals surface area contributed by atoms with Crippen LogP contribution in [0.2, 0.25) is 0 Å². The first kappa shape index (κ1) is 10.9. The molecular formula is C10H12IN3S. The smallest absolute Gasteiger partial charge is 0.136 e. The second-order valence-electron chi connectivity index (χ2n) is 3.46. The molecule has 0 aliphatic heterocycles. The minimum absolute atomic E-state index is 0.207. The molecule has 0 aliphatic rings. The van der Waals surface area contributed by atoms with Crippen LogP contribution in [0.1, 0.15) is 24.2 Å². The summed E-state index contributed by atoms with van der Waals surface area (Å²) in [5, 5.41) is 8.66. The number of hydrogen-bond donors (Lipinski definition) is 1. The van der Waals surface area contributed by atoms with Crippen LogP contribution in [0.4, 0.5) is 5.82 Å². The van der Waals surface area contributed by atoms with Crippen LogP contribution in [0.25, 0.3) is 0 Å². The minimum Gasteiger partial charge on any atom is -0.383 e. The first-order valence-corrected chi connectivity index (χ1v) is 6.65. The van der Waals surface area contributed by atoms with Crippen molar-refractivity contribution in [2.45, 2.75) is 19.9 Å². The van der Waals surface area contributed by atoms with Gasteiger partial charge in [-0.15, -0.1) is 0 Å². The van der Waals surface area contributed by atoms with Gasteiger partial charge in [0.15, 0.2) is 0 Å². The van der Waals surface area contributed by atoms with E-state index in [0.717, 1.165) is 15.1 Å². The number of thiophene rings is 1. The summed E-state index contributed by atoms with van der Waals surface area (Å²) >= 11 is 3.93. The van der Waals surface area contributed by atoms with Gasteiger partial charge in [-0.2, -0.15) is 16.4 Å². The van der Waals surface area contributed by atoms with E-state index in [1.807, 2.05) is 11.6 Å². The number of nitrogens with zero attached hydrogens (tertiary/aromatic N) is 2. The Bertz CT molecular complexity index is 461. The Morgan fingerprint density at radius 1 is 1.60 bits per heavy atom. The minimum atomic E-state index is 0.207. The molecule has 0 saturated carbocycles. The standard InChI is InChI=1S/C10H12IN3S/c1-6-9(11)10(12)14(13-6)7(2)8-3-4-15-5-8/h3-5,7H,12H2,1-2H3. The predicted octanol–water partition coefficient (Wildman–Crippen LogP) is 3.05. The lowest BCUT2D eigenvalue weighted by Gasteiger charge is -2.12. The number of aryl methyl sites for hydroxylation is 1. The number of anilines is 1. The molecule has 1 unspecified atom stereocenters. The van der Waals surface area contributed by atoms with Gasteiger partial charge in [0, 0.05) is 0 Å². The maximum absolute atomic E-state index is 6.01. The Kier molecular flexibility index (Phi) is 3.01. The Morgan fingerprint density at radius 2 is 2.33 bits per heavy atom. The summed E-state index contributed by atoms with van der Waals surface area (Å²) in [5.74, 6) is 0.756. The molecule has 15 heavy (non-hydrogen) atoms. The molecule has 0 radical (unpaired) electrons. The molecule has 0 aromatic carbocycles. The van der Waals surface area contributed by atoms with E-state index in [9.17, 15) is 0 Å². The molecule has 80 valence electrons. The molecule has 2 rings (SSSR count). The van der Waals surface area contributed by atoms with Crippen LogP contribution in [0.3, 0.4) is 0 Å². The van der Waals surface area contributed by atoms with Crippen LogP contribution >= 0.6 is 33.9 Å². The second-order valence-corrected chi connectivity index (χ2v) is 5.32. The van der Waals surface area contributed by atoms with E-state index in [2.05, 4.69) is 51.4 Å². The Morgan fingerprint density at radius 3 is 2.80 bits per heavy atom. The first-order chi connectivity index (χ1) is 7.11. The van der Waals surface area contributed by atoms with Crippen molar-refractivity contribution in [1.82, 2.24) is 9.78 Å². The zero-order chi connectivity index (χ0) is 11.0. The lowest BCUT2D eigenvalue weighted by molar-refractivity contribution is 0.570. The fourth-order valence-corrected chi connectivity index (χ4v) is 2.60. The average Bonchev–Trinajstić information content (AvgIpc) is 2.82. The van der Waals surface area contributed by atoms with E-state index in [-0.39, 0.29) is 6.04 Å². The summed E-state index contributed by atoms with van der Waals surface area (Å²) in [6, 6.07) is 2.32. The Hall–Kier alpha value is -0.560. The van der Waals surface area contributed by atoms with Crippen molar-refractivity contribution in [2.75, 3.05) is 5.73 Å². The highest BCUT2D eigenvalue weighted by Gasteiger charge is 2.16. The summed E-state index contributed by atoms with van der Waals surface area (Å²) in [5.41, 5.74) is 8.26. The molecule has 0 fully saturated rings. The topological polar surface area (TPSA) is 43.8 Å². The fourth-order valence-electron chi connectivity index (χ4n) is 1.49. The Balaban J connectivity index is 2.42. The molecule has 2 aromatic rings. The molecule has 2 N–H and O–H groups in total. The zero-order valence-corrected chi connectivity index (χ0v) is 11.5. The maximum atomic E-state index is 6.01. The summed E-state index contributed by atoms with van der Waals surface area (Å²) in [6.07, 6.45) is 0. The van der Waals surface area contributed by atoms with E-state index >= 15 is 0 Å². The number of hydrogen-bond acceptors (Lipinski definition) is 3. The van der Waals surface area contributed by atoms with Crippen molar-refractivity contribution >= 4 is 39.7 Å². The first-order valence-electron chi connectivity index (χ1n) is 4.63. The van der Waals surface area contributed by atoms with E-state index in [1.165, 1.54) is 5.56 Å².